The van der Waals surface area contributed by atoms with E-state index < -0.39 is 26.2 Å². The number of nitrogens with one attached hydrogen (secondary N) is 3. The van der Waals surface area contributed by atoms with Crippen LogP contribution in [0.3, 0.4) is 0 Å². The van der Waals surface area contributed by atoms with E-state index >= 15 is 0 Å². The van der Waals surface area contributed by atoms with Crippen LogP contribution in [0, 0.1) is 0 Å². The number of aliphatic hydroxyl groups excluding tert-OH is 1. The lowest BCUT2D eigenvalue weighted by molar-refractivity contribution is -0.119. The van der Waals surface area contributed by atoms with Crippen molar-refractivity contribution in [3.8, 4) is 22.6 Å². The Hall–Kier alpha value is -4.25. The molecule has 0 saturated carbocycles. The highest BCUT2D eigenvalue weighted by atomic mass is 79.9. The maximum Gasteiger partial charge on any atom is 0.298 e. The van der Waals surface area contributed by atoms with Gasteiger partial charge in [-0.3, -0.25) is 9.35 Å². The fourth-order valence-electron chi connectivity index (χ4n) is 6.15. The molecule has 0 saturated heterocycles. The summed E-state index contributed by atoms with van der Waals surface area (Å²) in [6.45, 7) is 2.35. The number of fused-ring (bicyclic) bond motifs is 3. The number of benzene rings is 4. The number of hydrogen-bond acceptors (Lipinski definition) is 8. The molecule has 1 atom stereocenters. The van der Waals surface area contributed by atoms with Gasteiger partial charge < -0.3 is 24.9 Å². The summed E-state index contributed by atoms with van der Waals surface area (Å²) in [6, 6.07) is 21.4. The molecule has 0 fully saturated rings. The molecule has 1 amide bonds. The van der Waals surface area contributed by atoms with E-state index in [1.807, 2.05) is 60.8 Å². The van der Waals surface area contributed by atoms with E-state index in [2.05, 4.69) is 31.0 Å². The number of aromatic amines is 1. The Morgan fingerprint density at radius 2 is 1.61 bits per heavy atom. The lowest BCUT2D eigenvalue weighted by atomic mass is 10.00. The zero-order chi connectivity index (χ0) is 36.3. The molecular formula is C36H36BrN3O9S2. The van der Waals surface area contributed by atoms with Gasteiger partial charge >= 0.3 is 0 Å². The highest BCUT2D eigenvalue weighted by molar-refractivity contribution is 9.10. The van der Waals surface area contributed by atoms with E-state index in [-0.39, 0.29) is 28.1 Å². The molecular weight excluding hydrogens is 762 g/mol. The summed E-state index contributed by atoms with van der Waals surface area (Å²) in [4.78, 5) is 14.4. The van der Waals surface area contributed by atoms with Gasteiger partial charge in [-0.1, -0.05) is 52.3 Å². The second-order valence-corrected chi connectivity index (χ2v) is 16.2. The predicted octanol–water partition coefficient (Wildman–Crippen LogP) is 4.92. The number of ether oxygens (including phenoxy) is 2. The summed E-state index contributed by atoms with van der Waals surface area (Å²) in [5, 5.41) is 13.8. The van der Waals surface area contributed by atoms with Crippen LogP contribution in [0.4, 0.5) is 0 Å². The molecule has 2 aliphatic heterocycles. The molecule has 0 aliphatic carbocycles. The molecule has 12 nitrogen and oxygen atoms in total. The first-order valence-corrected chi connectivity index (χ1v) is 19.8. The quantitative estimate of drug-likeness (QED) is 0.123. The van der Waals surface area contributed by atoms with Gasteiger partial charge in [-0.25, -0.2) is 13.1 Å². The SMILES string of the molecule is CC(=O)NCc1cccc(-c2cc3c(c(S(=O)(=O)N[C@@H](CO)Cc4c[nH]c5ccccc45)c2)OCC3)c1.O=S(=O)(O)c1cc(Br)cc2c1OCC2. The maximum atomic E-state index is 13.6. The standard InChI is InChI=1S/C28H29N3O5S.C8H7BrO4S/c1-18(33)29-15-19-5-4-6-20(11-19)22-12-21-9-10-36-28(21)27(14-22)37(34,35)31-24(17-32)13-23-16-30-26-8-3-2-7-25(23)26;9-6-3-5-1-2-13-8(5)7(4-6)14(10,11)12/h2-8,11-12,14,16,24,30-32H,9-10,13,15,17H2,1H3,(H,29,33);3-4H,1-2H2,(H,10,11,12)/t24-;/m1./s1. The Labute approximate surface area is 304 Å². The molecule has 0 bridgehead atoms. The largest absolute Gasteiger partial charge is 0.492 e. The number of sulfonamides is 1. The molecule has 268 valence electrons. The first kappa shape index (κ1) is 36.5. The van der Waals surface area contributed by atoms with Crippen molar-refractivity contribution in [1.82, 2.24) is 15.0 Å². The van der Waals surface area contributed by atoms with Crippen molar-refractivity contribution in [2.45, 2.75) is 48.6 Å². The Bertz CT molecular complexity index is 2330. The van der Waals surface area contributed by atoms with Crippen molar-refractivity contribution in [3.05, 3.63) is 106 Å². The number of halogens is 1. The van der Waals surface area contributed by atoms with Crippen molar-refractivity contribution in [2.24, 2.45) is 0 Å². The smallest absolute Gasteiger partial charge is 0.298 e. The van der Waals surface area contributed by atoms with Crippen LogP contribution in [-0.4, -0.2) is 63.2 Å². The van der Waals surface area contributed by atoms with Gasteiger partial charge in [0.1, 0.15) is 21.3 Å². The third-order valence-electron chi connectivity index (χ3n) is 8.52. The van der Waals surface area contributed by atoms with Crippen LogP contribution in [0.25, 0.3) is 22.0 Å². The normalized spacial score (nSPS) is 14.1. The van der Waals surface area contributed by atoms with Gasteiger partial charge in [-0.15, -0.1) is 0 Å². The van der Waals surface area contributed by atoms with E-state index in [9.17, 15) is 26.7 Å². The van der Waals surface area contributed by atoms with Crippen molar-refractivity contribution >= 4 is 52.9 Å². The number of aliphatic hydroxyl groups is 1. The third-order valence-corrected chi connectivity index (χ3v) is 11.4. The molecule has 3 heterocycles. The zero-order valence-electron chi connectivity index (χ0n) is 27.5. The molecule has 1 aromatic heterocycles. The lowest BCUT2D eigenvalue weighted by Gasteiger charge is -2.18. The van der Waals surface area contributed by atoms with E-state index in [0.717, 1.165) is 44.3 Å². The average molecular weight is 799 g/mol. The minimum atomic E-state index is -4.21. The molecule has 51 heavy (non-hydrogen) atoms. The lowest BCUT2D eigenvalue weighted by Crippen LogP contribution is -2.39. The number of carbonyl (C=O) groups is 1. The summed E-state index contributed by atoms with van der Waals surface area (Å²) >= 11 is 3.18. The van der Waals surface area contributed by atoms with Gasteiger partial charge in [0, 0.05) is 59.5 Å². The number of amides is 1. The van der Waals surface area contributed by atoms with Crippen molar-refractivity contribution in [1.29, 1.82) is 0 Å². The van der Waals surface area contributed by atoms with E-state index in [1.54, 1.807) is 12.1 Å². The number of H-pyrrole nitrogens is 1. The number of rotatable bonds is 10. The van der Waals surface area contributed by atoms with Crippen LogP contribution in [0.15, 0.2) is 93.3 Å². The predicted molar refractivity (Wildman–Crippen MR) is 195 cm³/mol. The van der Waals surface area contributed by atoms with Crippen LogP contribution >= 0.6 is 15.9 Å². The summed E-state index contributed by atoms with van der Waals surface area (Å²) in [7, 11) is -8.22. The van der Waals surface area contributed by atoms with Gasteiger partial charge in [0.2, 0.25) is 15.9 Å². The van der Waals surface area contributed by atoms with Crippen LogP contribution in [0.5, 0.6) is 11.5 Å². The second kappa shape index (κ2) is 15.2. The van der Waals surface area contributed by atoms with E-state index in [1.165, 1.54) is 13.0 Å². The van der Waals surface area contributed by atoms with Gasteiger partial charge in [0.25, 0.3) is 10.1 Å². The van der Waals surface area contributed by atoms with E-state index in [0.29, 0.717) is 49.2 Å². The number of para-hydroxylation sites is 1. The minimum absolute atomic E-state index is 0.0575. The van der Waals surface area contributed by atoms with Gasteiger partial charge in [0.15, 0.2) is 0 Å². The van der Waals surface area contributed by atoms with Gasteiger partial charge in [0.05, 0.1) is 19.8 Å². The van der Waals surface area contributed by atoms with Crippen LogP contribution in [0.2, 0.25) is 0 Å². The topological polar surface area (TPSA) is 184 Å². The summed E-state index contributed by atoms with van der Waals surface area (Å²) in [5.41, 5.74) is 5.98. The zero-order valence-corrected chi connectivity index (χ0v) is 30.7. The van der Waals surface area contributed by atoms with Gasteiger partial charge in [-0.2, -0.15) is 8.42 Å². The second-order valence-electron chi connectivity index (χ2n) is 12.2. The fourth-order valence-corrected chi connectivity index (χ4v) is 8.94. The first-order chi connectivity index (χ1) is 24.3. The maximum absolute atomic E-state index is 13.6. The fraction of sp³-hybridized carbons (Fsp3) is 0.250. The first-order valence-electron chi connectivity index (χ1n) is 16.1. The summed E-state index contributed by atoms with van der Waals surface area (Å²) in [6.07, 6.45) is 3.44. The minimum Gasteiger partial charge on any atom is -0.492 e. The molecule has 0 radical (unpaired) electrons. The highest BCUT2D eigenvalue weighted by Crippen LogP contribution is 2.38. The molecule has 15 heteroatoms. The average Bonchev–Trinajstić information content (AvgIpc) is 3.86. The monoisotopic (exact) mass is 797 g/mol. The van der Waals surface area contributed by atoms with E-state index in [4.69, 9.17) is 14.0 Å². The highest BCUT2D eigenvalue weighted by Gasteiger charge is 2.29. The van der Waals surface area contributed by atoms with Crippen LogP contribution < -0.4 is 19.5 Å². The third kappa shape index (κ3) is 8.46. The van der Waals surface area contributed by atoms with Crippen LogP contribution in [-0.2, 0) is 50.7 Å². The van der Waals surface area contributed by atoms with Crippen LogP contribution in [0.1, 0.15) is 29.2 Å². The molecule has 2 aliphatic rings. The number of hydrogen-bond donors (Lipinski definition) is 5. The van der Waals surface area contributed by atoms with Crippen molar-refractivity contribution in [3.63, 3.8) is 0 Å². The molecule has 0 unspecified atom stereocenters. The van der Waals surface area contributed by atoms with Gasteiger partial charge in [-0.05, 0) is 70.6 Å². The molecule has 7 rings (SSSR count). The molecule has 5 aromatic rings. The van der Waals surface area contributed by atoms with Crippen molar-refractivity contribution in [2.75, 3.05) is 19.8 Å². The molecule has 4 aromatic carbocycles. The molecule has 5 N–H and O–H groups in total. The Balaban J connectivity index is 0.000000267. The summed E-state index contributed by atoms with van der Waals surface area (Å²) in [5.74, 6) is 0.510. The number of aromatic nitrogens is 1. The Morgan fingerprint density at radius 3 is 2.31 bits per heavy atom. The Morgan fingerprint density at radius 1 is 0.902 bits per heavy atom. The van der Waals surface area contributed by atoms with Crippen molar-refractivity contribution < 1.29 is 40.8 Å². The number of carbonyl (C=O) groups excluding carboxylic acids is 1. The summed E-state index contributed by atoms with van der Waals surface area (Å²) < 4.78 is 72.4. The molecule has 0 spiro atoms. The Kier molecular flexibility index (Phi) is 10.9.